The number of aromatic nitrogens is 3. The van der Waals surface area contributed by atoms with Gasteiger partial charge in [-0.05, 0) is 37.1 Å². The van der Waals surface area contributed by atoms with E-state index >= 15 is 0 Å². The fraction of sp³-hybridized carbons (Fsp3) is 0.214. The van der Waals surface area contributed by atoms with Crippen LogP contribution in [0.4, 0.5) is 0 Å². The van der Waals surface area contributed by atoms with Gasteiger partial charge >= 0.3 is 5.97 Å². The number of hydrogen-bond acceptors (Lipinski definition) is 3. The monoisotopic (exact) mass is 257 g/mol. The number of fused-ring (bicyclic) bond motifs is 1. The molecule has 0 aliphatic rings. The minimum absolute atomic E-state index is 0.677. The number of allylic oxidation sites excluding steroid dienone is 2. The van der Waals surface area contributed by atoms with Crippen molar-refractivity contribution in [3.8, 4) is 0 Å². The number of rotatable bonds is 4. The first kappa shape index (κ1) is 13.0. The molecule has 2 aromatic rings. The molecule has 0 aliphatic heterocycles. The second kappa shape index (κ2) is 5.48. The van der Waals surface area contributed by atoms with Crippen LogP contribution < -0.4 is 0 Å². The van der Waals surface area contributed by atoms with E-state index in [0.717, 1.165) is 28.2 Å². The lowest BCUT2D eigenvalue weighted by molar-refractivity contribution is -0.131. The van der Waals surface area contributed by atoms with Crippen molar-refractivity contribution in [1.29, 1.82) is 0 Å². The molecule has 0 spiro atoms. The number of aryl methyl sites for hydroxylation is 1. The first-order valence-corrected chi connectivity index (χ1v) is 5.98. The Balaban J connectivity index is 2.46. The van der Waals surface area contributed by atoms with Gasteiger partial charge < -0.3 is 5.11 Å². The van der Waals surface area contributed by atoms with Crippen LogP contribution in [0, 0.1) is 6.92 Å². The van der Waals surface area contributed by atoms with Gasteiger partial charge in [0.15, 0.2) is 0 Å². The van der Waals surface area contributed by atoms with Crippen molar-refractivity contribution in [3.63, 3.8) is 0 Å². The highest BCUT2D eigenvalue weighted by atomic mass is 16.4. The number of carbonyl (C=O) groups is 1. The van der Waals surface area contributed by atoms with Crippen LogP contribution in [-0.4, -0.2) is 26.1 Å². The van der Waals surface area contributed by atoms with Crippen LogP contribution in [-0.2, 0) is 11.3 Å². The van der Waals surface area contributed by atoms with E-state index in [1.54, 1.807) is 6.08 Å². The highest BCUT2D eigenvalue weighted by Crippen LogP contribution is 2.20. The Morgan fingerprint density at radius 1 is 1.47 bits per heavy atom. The summed E-state index contributed by atoms with van der Waals surface area (Å²) in [4.78, 5) is 10.5. The Morgan fingerprint density at radius 2 is 2.26 bits per heavy atom. The summed E-state index contributed by atoms with van der Waals surface area (Å²) in [6, 6.07) is 3.79. The molecule has 1 aromatic carbocycles. The lowest BCUT2D eigenvalue weighted by Gasteiger charge is -2.02. The maximum atomic E-state index is 10.5. The molecule has 1 N–H and O–H groups in total. The van der Waals surface area contributed by atoms with Gasteiger partial charge in [-0.15, -0.1) is 5.10 Å². The normalized spacial score (nSPS) is 11.9. The van der Waals surface area contributed by atoms with Gasteiger partial charge in [-0.25, -0.2) is 9.48 Å². The molecule has 19 heavy (non-hydrogen) atoms. The zero-order valence-corrected chi connectivity index (χ0v) is 10.9. The lowest BCUT2D eigenvalue weighted by atomic mass is 10.1. The molecule has 98 valence electrons. The molecule has 0 amide bonds. The number of nitrogens with zero attached hydrogens (tertiary/aromatic N) is 3. The van der Waals surface area contributed by atoms with Crippen molar-refractivity contribution in [1.82, 2.24) is 15.0 Å². The van der Waals surface area contributed by atoms with E-state index in [0.29, 0.717) is 6.54 Å². The molecule has 0 atom stereocenters. The van der Waals surface area contributed by atoms with Gasteiger partial charge in [-0.3, -0.25) is 0 Å². The third kappa shape index (κ3) is 2.70. The summed E-state index contributed by atoms with van der Waals surface area (Å²) in [6.45, 7) is 4.55. The van der Waals surface area contributed by atoms with Crippen molar-refractivity contribution < 1.29 is 9.90 Å². The fourth-order valence-electron chi connectivity index (χ4n) is 1.86. The molecule has 5 nitrogen and oxygen atoms in total. The van der Waals surface area contributed by atoms with Gasteiger partial charge in [0.05, 0.1) is 12.1 Å². The largest absolute Gasteiger partial charge is 0.478 e. The minimum Gasteiger partial charge on any atom is -0.478 e. The predicted octanol–water partition coefficient (Wildman–Crippen LogP) is 2.41. The first-order valence-electron chi connectivity index (χ1n) is 5.98. The average molecular weight is 257 g/mol. The molecule has 0 unspecified atom stereocenters. The van der Waals surface area contributed by atoms with E-state index in [9.17, 15) is 4.79 Å². The highest BCUT2D eigenvalue weighted by Gasteiger charge is 2.08. The molecule has 0 saturated carbocycles. The summed E-state index contributed by atoms with van der Waals surface area (Å²) in [6.07, 6.45) is 6.66. The summed E-state index contributed by atoms with van der Waals surface area (Å²) < 4.78 is 1.81. The van der Waals surface area contributed by atoms with E-state index in [2.05, 4.69) is 10.3 Å². The van der Waals surface area contributed by atoms with Gasteiger partial charge in [0, 0.05) is 6.08 Å². The fourth-order valence-corrected chi connectivity index (χ4v) is 1.86. The van der Waals surface area contributed by atoms with E-state index in [-0.39, 0.29) is 0 Å². The van der Waals surface area contributed by atoms with Crippen molar-refractivity contribution in [2.75, 3.05) is 0 Å². The first-order chi connectivity index (χ1) is 9.13. The van der Waals surface area contributed by atoms with Crippen molar-refractivity contribution in [3.05, 3.63) is 41.5 Å². The molecule has 1 aromatic heterocycles. The Bertz CT molecular complexity index is 669. The SMILES string of the molecule is C/C=C/Cn1nnc2c(C)c(/C=C/C(=O)O)ccc21. The van der Waals surface area contributed by atoms with Gasteiger partial charge in [0.1, 0.15) is 5.52 Å². The van der Waals surface area contributed by atoms with Gasteiger partial charge in [0.25, 0.3) is 0 Å². The molecule has 2 rings (SSSR count). The van der Waals surface area contributed by atoms with Gasteiger partial charge in [0.2, 0.25) is 0 Å². The summed E-state index contributed by atoms with van der Waals surface area (Å²) in [5.41, 5.74) is 3.52. The second-order valence-corrected chi connectivity index (χ2v) is 4.16. The molecule has 0 saturated heterocycles. The lowest BCUT2D eigenvalue weighted by Crippen LogP contribution is -1.97. The molecule has 5 heteroatoms. The molecular formula is C14H15N3O2. The van der Waals surface area contributed by atoms with Crippen LogP contribution in [0.2, 0.25) is 0 Å². The number of benzene rings is 1. The van der Waals surface area contributed by atoms with E-state index in [4.69, 9.17) is 5.11 Å². The van der Waals surface area contributed by atoms with Crippen LogP contribution in [0.1, 0.15) is 18.1 Å². The minimum atomic E-state index is -0.962. The Kier molecular flexibility index (Phi) is 3.75. The average Bonchev–Trinajstić information content (AvgIpc) is 2.79. The predicted molar refractivity (Wildman–Crippen MR) is 73.7 cm³/mol. The quantitative estimate of drug-likeness (QED) is 0.674. The maximum Gasteiger partial charge on any atom is 0.328 e. The van der Waals surface area contributed by atoms with Crippen LogP contribution >= 0.6 is 0 Å². The number of carboxylic acids is 1. The topological polar surface area (TPSA) is 68.0 Å². The second-order valence-electron chi connectivity index (χ2n) is 4.16. The Labute approximate surface area is 110 Å². The summed E-state index contributed by atoms with van der Waals surface area (Å²) >= 11 is 0. The zero-order chi connectivity index (χ0) is 13.8. The summed E-state index contributed by atoms with van der Waals surface area (Å²) in [5.74, 6) is -0.962. The van der Waals surface area contributed by atoms with E-state index in [1.807, 2.05) is 42.8 Å². The molecule has 1 heterocycles. The Morgan fingerprint density at radius 3 is 2.95 bits per heavy atom. The van der Waals surface area contributed by atoms with E-state index in [1.165, 1.54) is 0 Å². The zero-order valence-electron chi connectivity index (χ0n) is 10.9. The van der Waals surface area contributed by atoms with Crippen LogP contribution in [0.3, 0.4) is 0 Å². The van der Waals surface area contributed by atoms with Crippen molar-refractivity contribution in [2.24, 2.45) is 0 Å². The number of hydrogen-bond donors (Lipinski definition) is 1. The highest BCUT2D eigenvalue weighted by molar-refractivity contribution is 5.88. The molecule has 0 bridgehead atoms. The number of carboxylic acid groups (broad SMARTS) is 1. The van der Waals surface area contributed by atoms with Crippen LogP contribution in [0.25, 0.3) is 17.1 Å². The van der Waals surface area contributed by atoms with Crippen LogP contribution in [0.15, 0.2) is 30.4 Å². The van der Waals surface area contributed by atoms with Gasteiger partial charge in [-0.1, -0.05) is 23.4 Å². The summed E-state index contributed by atoms with van der Waals surface area (Å²) in [5, 5.41) is 16.9. The summed E-state index contributed by atoms with van der Waals surface area (Å²) in [7, 11) is 0. The smallest absolute Gasteiger partial charge is 0.328 e. The third-order valence-corrected chi connectivity index (χ3v) is 2.90. The molecule has 0 radical (unpaired) electrons. The van der Waals surface area contributed by atoms with Crippen molar-refractivity contribution >= 4 is 23.1 Å². The van der Waals surface area contributed by atoms with E-state index < -0.39 is 5.97 Å². The molecule has 0 fully saturated rings. The third-order valence-electron chi connectivity index (χ3n) is 2.90. The molecule has 0 aliphatic carbocycles. The van der Waals surface area contributed by atoms with Crippen LogP contribution in [0.5, 0.6) is 0 Å². The van der Waals surface area contributed by atoms with Crippen molar-refractivity contribution in [2.45, 2.75) is 20.4 Å². The standard InChI is InChI=1S/C14H15N3O2/c1-3-4-9-17-12-7-5-11(6-8-13(18)19)10(2)14(12)15-16-17/h3-8H,9H2,1-2H3,(H,18,19)/b4-3+,8-6+. The Hall–Kier alpha value is -2.43. The van der Waals surface area contributed by atoms with Gasteiger partial charge in [-0.2, -0.15) is 0 Å². The number of aliphatic carboxylic acids is 1. The molecular weight excluding hydrogens is 242 g/mol. The maximum absolute atomic E-state index is 10.5.